The van der Waals surface area contributed by atoms with E-state index in [9.17, 15) is 5.11 Å². The average molecular weight is 168 g/mol. The molecule has 12 heavy (non-hydrogen) atoms. The van der Waals surface area contributed by atoms with Crippen LogP contribution in [0.4, 0.5) is 0 Å². The Morgan fingerprint density at radius 1 is 1.50 bits per heavy atom. The third kappa shape index (κ3) is 1.39. The zero-order valence-electron chi connectivity index (χ0n) is 8.21. The van der Waals surface area contributed by atoms with Crippen LogP contribution < -0.4 is 0 Å². The van der Waals surface area contributed by atoms with Crippen LogP contribution in [0.25, 0.3) is 0 Å². The fourth-order valence-corrected chi connectivity index (χ4v) is 2.69. The molecule has 0 spiro atoms. The van der Waals surface area contributed by atoms with E-state index in [2.05, 4.69) is 13.8 Å². The van der Waals surface area contributed by atoms with E-state index in [-0.39, 0.29) is 5.60 Å². The summed E-state index contributed by atoms with van der Waals surface area (Å²) in [7, 11) is 0. The van der Waals surface area contributed by atoms with Crippen molar-refractivity contribution in [3.63, 3.8) is 0 Å². The fraction of sp³-hybridized carbons (Fsp3) is 1.00. The van der Waals surface area contributed by atoms with Gasteiger partial charge in [0.15, 0.2) is 0 Å². The lowest BCUT2D eigenvalue weighted by Crippen LogP contribution is -2.28. The summed E-state index contributed by atoms with van der Waals surface area (Å²) < 4.78 is 0. The van der Waals surface area contributed by atoms with Gasteiger partial charge in [-0.3, -0.25) is 0 Å². The molecule has 1 N–H and O–H groups in total. The van der Waals surface area contributed by atoms with Crippen molar-refractivity contribution >= 4 is 0 Å². The largest absolute Gasteiger partial charge is 0.390 e. The maximum absolute atomic E-state index is 10.3. The number of hydrogen-bond acceptors (Lipinski definition) is 1. The van der Waals surface area contributed by atoms with E-state index in [0.717, 1.165) is 24.7 Å². The Morgan fingerprint density at radius 2 is 2.25 bits per heavy atom. The molecule has 0 radical (unpaired) electrons. The molecule has 2 saturated carbocycles. The van der Waals surface area contributed by atoms with Crippen LogP contribution >= 0.6 is 0 Å². The first-order valence-electron chi connectivity index (χ1n) is 5.34. The molecule has 0 heterocycles. The van der Waals surface area contributed by atoms with Crippen LogP contribution in [0.15, 0.2) is 0 Å². The lowest BCUT2D eigenvalue weighted by Gasteiger charge is -2.25. The third-order valence-corrected chi connectivity index (χ3v) is 3.72. The average Bonchev–Trinajstić information content (AvgIpc) is 2.72. The molecule has 0 saturated heterocycles. The van der Waals surface area contributed by atoms with Crippen molar-refractivity contribution in [1.29, 1.82) is 0 Å². The molecule has 1 heteroatoms. The van der Waals surface area contributed by atoms with E-state index in [4.69, 9.17) is 0 Å². The highest BCUT2D eigenvalue weighted by Crippen LogP contribution is 2.59. The normalized spacial score (nSPS) is 45.0. The van der Waals surface area contributed by atoms with Crippen LogP contribution in [0.2, 0.25) is 0 Å². The predicted molar refractivity (Wildman–Crippen MR) is 49.9 cm³/mol. The first kappa shape index (κ1) is 8.55. The van der Waals surface area contributed by atoms with Gasteiger partial charge in [-0.1, -0.05) is 13.8 Å². The maximum Gasteiger partial charge on any atom is 0.0678 e. The highest BCUT2D eigenvalue weighted by Gasteiger charge is 2.56. The minimum Gasteiger partial charge on any atom is -0.390 e. The van der Waals surface area contributed by atoms with Gasteiger partial charge in [0.05, 0.1) is 5.60 Å². The second kappa shape index (κ2) is 2.73. The lowest BCUT2D eigenvalue weighted by molar-refractivity contribution is 0.0115. The second-order valence-electron chi connectivity index (χ2n) is 5.18. The van der Waals surface area contributed by atoms with E-state index < -0.39 is 0 Å². The molecule has 1 nitrogen and oxygen atoms in total. The molecule has 3 atom stereocenters. The SMILES string of the molecule is CC(C)CCC1(O)CCC2CC21. The Balaban J connectivity index is 1.85. The van der Waals surface area contributed by atoms with Gasteiger partial charge < -0.3 is 5.11 Å². The highest BCUT2D eigenvalue weighted by atomic mass is 16.3. The van der Waals surface area contributed by atoms with Crippen molar-refractivity contribution in [3.8, 4) is 0 Å². The monoisotopic (exact) mass is 168 g/mol. The molecule has 70 valence electrons. The zero-order valence-corrected chi connectivity index (χ0v) is 8.21. The van der Waals surface area contributed by atoms with Gasteiger partial charge in [-0.05, 0) is 49.9 Å². The van der Waals surface area contributed by atoms with Crippen LogP contribution in [-0.2, 0) is 0 Å². The Hall–Kier alpha value is -0.0400. The molecular formula is C11H20O. The van der Waals surface area contributed by atoms with E-state index in [1.54, 1.807) is 0 Å². The van der Waals surface area contributed by atoms with Crippen molar-refractivity contribution in [2.45, 2.75) is 51.6 Å². The summed E-state index contributed by atoms with van der Waals surface area (Å²) in [6.07, 6.45) is 5.93. The molecule has 3 unspecified atom stereocenters. The summed E-state index contributed by atoms with van der Waals surface area (Å²) in [5.41, 5.74) is -0.241. The highest BCUT2D eigenvalue weighted by molar-refractivity contribution is 5.07. The van der Waals surface area contributed by atoms with Crippen molar-refractivity contribution in [1.82, 2.24) is 0 Å². The number of rotatable bonds is 3. The molecule has 2 fully saturated rings. The van der Waals surface area contributed by atoms with E-state index >= 15 is 0 Å². The summed E-state index contributed by atoms with van der Waals surface area (Å²) >= 11 is 0. The van der Waals surface area contributed by atoms with Crippen LogP contribution in [0.3, 0.4) is 0 Å². The predicted octanol–water partition coefficient (Wildman–Crippen LogP) is 2.58. The van der Waals surface area contributed by atoms with Gasteiger partial charge in [-0.2, -0.15) is 0 Å². The molecule has 2 rings (SSSR count). The molecule has 0 aromatic heterocycles. The fourth-order valence-electron chi connectivity index (χ4n) is 2.69. The topological polar surface area (TPSA) is 20.2 Å². The van der Waals surface area contributed by atoms with Gasteiger partial charge in [0, 0.05) is 0 Å². The summed E-state index contributed by atoms with van der Waals surface area (Å²) in [5.74, 6) is 2.34. The quantitative estimate of drug-likeness (QED) is 0.686. The van der Waals surface area contributed by atoms with Gasteiger partial charge in [0.2, 0.25) is 0 Å². The maximum atomic E-state index is 10.3. The smallest absolute Gasteiger partial charge is 0.0678 e. The molecule has 2 aliphatic carbocycles. The number of hydrogen-bond donors (Lipinski definition) is 1. The first-order valence-corrected chi connectivity index (χ1v) is 5.34. The van der Waals surface area contributed by atoms with Crippen molar-refractivity contribution in [2.24, 2.45) is 17.8 Å². The standard InChI is InChI=1S/C11H20O/c1-8(2)3-5-11(12)6-4-9-7-10(9)11/h8-10,12H,3-7H2,1-2H3. The molecule has 0 amide bonds. The molecule has 0 aliphatic heterocycles. The molecule has 0 aromatic rings. The van der Waals surface area contributed by atoms with Crippen molar-refractivity contribution < 1.29 is 5.11 Å². The van der Waals surface area contributed by atoms with Gasteiger partial charge >= 0.3 is 0 Å². The Kier molecular flexibility index (Phi) is 1.95. The number of fused-ring (bicyclic) bond motifs is 1. The Morgan fingerprint density at radius 3 is 2.67 bits per heavy atom. The summed E-state index contributed by atoms with van der Waals surface area (Å²) in [4.78, 5) is 0. The van der Waals surface area contributed by atoms with Crippen LogP contribution in [0, 0.1) is 17.8 Å². The van der Waals surface area contributed by atoms with Crippen molar-refractivity contribution in [2.75, 3.05) is 0 Å². The minimum atomic E-state index is -0.241. The first-order chi connectivity index (χ1) is 5.62. The summed E-state index contributed by atoms with van der Waals surface area (Å²) in [5, 5.41) is 10.3. The Bertz CT molecular complexity index is 176. The molecule has 2 aliphatic rings. The third-order valence-electron chi connectivity index (χ3n) is 3.72. The second-order valence-corrected chi connectivity index (χ2v) is 5.18. The Labute approximate surface area is 75.2 Å². The molecule has 0 bridgehead atoms. The minimum absolute atomic E-state index is 0.241. The van der Waals surface area contributed by atoms with Gasteiger partial charge in [-0.15, -0.1) is 0 Å². The van der Waals surface area contributed by atoms with E-state index in [1.807, 2.05) is 0 Å². The van der Waals surface area contributed by atoms with Crippen LogP contribution in [-0.4, -0.2) is 10.7 Å². The van der Waals surface area contributed by atoms with Gasteiger partial charge in [0.25, 0.3) is 0 Å². The van der Waals surface area contributed by atoms with Gasteiger partial charge in [-0.25, -0.2) is 0 Å². The van der Waals surface area contributed by atoms with E-state index in [1.165, 1.54) is 19.3 Å². The van der Waals surface area contributed by atoms with Crippen molar-refractivity contribution in [3.05, 3.63) is 0 Å². The van der Waals surface area contributed by atoms with Gasteiger partial charge in [0.1, 0.15) is 0 Å². The molecule has 0 aromatic carbocycles. The number of aliphatic hydroxyl groups is 1. The lowest BCUT2D eigenvalue weighted by atomic mass is 9.89. The zero-order chi connectivity index (χ0) is 8.77. The van der Waals surface area contributed by atoms with E-state index in [0.29, 0.717) is 5.92 Å². The van der Waals surface area contributed by atoms with Crippen LogP contribution in [0.5, 0.6) is 0 Å². The van der Waals surface area contributed by atoms with Crippen LogP contribution in [0.1, 0.15) is 46.0 Å². The summed E-state index contributed by atoms with van der Waals surface area (Å²) in [6, 6.07) is 0. The summed E-state index contributed by atoms with van der Waals surface area (Å²) in [6.45, 7) is 4.48. The molecular weight excluding hydrogens is 148 g/mol.